The maximum Gasteiger partial charge on any atom is 0.330 e. The summed E-state index contributed by atoms with van der Waals surface area (Å²) in [6, 6.07) is 0. The minimum Gasteiger partial charge on any atom is -0.478 e. The Hall–Kier alpha value is -1.38. The lowest BCUT2D eigenvalue weighted by Crippen LogP contribution is -2.01. The van der Waals surface area contributed by atoms with E-state index >= 15 is 0 Å². The summed E-state index contributed by atoms with van der Waals surface area (Å²) in [5, 5.41) is 8.33. The molecule has 0 unspecified atom stereocenters. The minimum atomic E-state index is -1.05. The molecular weight excluding hydrogens is 144 g/mol. The molecule has 0 aliphatic heterocycles. The molecule has 3 heteroatoms. The van der Waals surface area contributed by atoms with Crippen molar-refractivity contribution in [3.8, 4) is 0 Å². The molecule has 0 aliphatic rings. The minimum absolute atomic E-state index is 0.0557. The van der Waals surface area contributed by atoms with Gasteiger partial charge in [0.25, 0.3) is 0 Å². The number of hydrogen-bond acceptors (Lipinski definition) is 2. The van der Waals surface area contributed by atoms with Gasteiger partial charge in [0.2, 0.25) is 0 Å². The molecule has 0 aliphatic carbocycles. The fourth-order valence-corrected chi connectivity index (χ4v) is 0.483. The fourth-order valence-electron chi connectivity index (χ4n) is 0.483. The Balaban J connectivity index is 3.71. The third-order valence-corrected chi connectivity index (χ3v) is 1.20. The zero-order valence-corrected chi connectivity index (χ0v) is 6.17. The summed E-state index contributed by atoms with van der Waals surface area (Å²) in [5.74, 6) is -1.21. The van der Waals surface area contributed by atoms with Gasteiger partial charge in [-0.3, -0.25) is 4.79 Å². The highest BCUT2D eigenvalue weighted by Gasteiger charge is 2.04. The number of carboxylic acids is 1. The maximum absolute atomic E-state index is 10.6. The van der Waals surface area contributed by atoms with Crippen molar-refractivity contribution < 1.29 is 14.7 Å². The van der Waals surface area contributed by atoms with Crippen molar-refractivity contribution >= 4 is 11.8 Å². The maximum atomic E-state index is 10.6. The number of carboxylic acid groups (broad SMARTS) is 1. The van der Waals surface area contributed by atoms with Crippen LogP contribution >= 0.6 is 0 Å². The van der Waals surface area contributed by atoms with Crippen LogP contribution in [0.25, 0.3) is 0 Å². The van der Waals surface area contributed by atoms with E-state index < -0.39 is 5.97 Å². The van der Waals surface area contributed by atoms with Crippen LogP contribution in [0.15, 0.2) is 24.8 Å². The van der Waals surface area contributed by atoms with Crippen LogP contribution in [-0.2, 0) is 9.59 Å². The normalized spacial score (nSPS) is 8.73. The van der Waals surface area contributed by atoms with Gasteiger partial charge in [-0.15, -0.1) is 0 Å². The zero-order valence-electron chi connectivity index (χ0n) is 6.17. The zero-order chi connectivity index (χ0) is 8.85. The highest BCUT2D eigenvalue weighted by atomic mass is 16.4. The van der Waals surface area contributed by atoms with Crippen LogP contribution in [-0.4, -0.2) is 16.9 Å². The first-order valence-corrected chi connectivity index (χ1v) is 3.14. The molecule has 1 N–H and O–H groups in total. The largest absolute Gasteiger partial charge is 0.478 e. The Bertz CT molecular complexity index is 203. The summed E-state index contributed by atoms with van der Waals surface area (Å²) in [4.78, 5) is 20.8. The standard InChI is InChI=1S/C8H10O3/c1-3-7(9)5-4-6(2)8(10)11/h3H,1-2,4-5H2,(H,10,11). The van der Waals surface area contributed by atoms with E-state index in [1.807, 2.05) is 0 Å². The number of carbonyl (C=O) groups excluding carboxylic acids is 1. The van der Waals surface area contributed by atoms with Gasteiger partial charge in [-0.2, -0.15) is 0 Å². The average molecular weight is 154 g/mol. The summed E-state index contributed by atoms with van der Waals surface area (Å²) in [5.41, 5.74) is 0.0557. The highest BCUT2D eigenvalue weighted by Crippen LogP contribution is 2.02. The Labute approximate surface area is 65.0 Å². The lowest BCUT2D eigenvalue weighted by Gasteiger charge is -1.95. The number of rotatable bonds is 5. The van der Waals surface area contributed by atoms with E-state index in [2.05, 4.69) is 13.2 Å². The monoisotopic (exact) mass is 154 g/mol. The quantitative estimate of drug-likeness (QED) is 0.604. The molecule has 11 heavy (non-hydrogen) atoms. The lowest BCUT2D eigenvalue weighted by atomic mass is 10.1. The van der Waals surface area contributed by atoms with Gasteiger partial charge in [-0.05, 0) is 12.5 Å². The number of ketones is 1. The predicted molar refractivity (Wildman–Crippen MR) is 41.2 cm³/mol. The van der Waals surface area contributed by atoms with Crippen molar-refractivity contribution in [2.24, 2.45) is 0 Å². The molecule has 60 valence electrons. The lowest BCUT2D eigenvalue weighted by molar-refractivity contribution is -0.132. The van der Waals surface area contributed by atoms with E-state index in [0.29, 0.717) is 0 Å². The molecule has 0 spiro atoms. The summed E-state index contributed by atoms with van der Waals surface area (Å²) < 4.78 is 0. The van der Waals surface area contributed by atoms with Gasteiger partial charge in [0, 0.05) is 12.0 Å². The molecule has 3 nitrogen and oxygen atoms in total. The van der Waals surface area contributed by atoms with Crippen molar-refractivity contribution in [3.05, 3.63) is 24.8 Å². The van der Waals surface area contributed by atoms with Crippen molar-refractivity contribution in [2.45, 2.75) is 12.8 Å². The van der Waals surface area contributed by atoms with Gasteiger partial charge >= 0.3 is 5.97 Å². The van der Waals surface area contributed by atoms with Crippen molar-refractivity contribution in [3.63, 3.8) is 0 Å². The smallest absolute Gasteiger partial charge is 0.330 e. The van der Waals surface area contributed by atoms with Crippen molar-refractivity contribution in [2.75, 3.05) is 0 Å². The predicted octanol–water partition coefficient (Wildman–Crippen LogP) is 1.16. The number of carbonyl (C=O) groups is 2. The number of aliphatic carboxylic acids is 1. The van der Waals surface area contributed by atoms with Crippen LogP contribution in [0.3, 0.4) is 0 Å². The number of allylic oxidation sites excluding steroid dienone is 1. The third-order valence-electron chi connectivity index (χ3n) is 1.20. The second-order valence-corrected chi connectivity index (χ2v) is 2.08. The van der Waals surface area contributed by atoms with Crippen LogP contribution in [0.4, 0.5) is 0 Å². The van der Waals surface area contributed by atoms with E-state index in [4.69, 9.17) is 5.11 Å². The van der Waals surface area contributed by atoms with Gasteiger partial charge in [-0.1, -0.05) is 13.2 Å². The molecule has 0 saturated carbocycles. The Morgan fingerprint density at radius 1 is 1.36 bits per heavy atom. The summed E-state index contributed by atoms with van der Waals surface area (Å²) in [7, 11) is 0. The Kier molecular flexibility index (Phi) is 3.88. The van der Waals surface area contributed by atoms with Crippen LogP contribution in [0.2, 0.25) is 0 Å². The van der Waals surface area contributed by atoms with Crippen LogP contribution in [0.5, 0.6) is 0 Å². The highest BCUT2D eigenvalue weighted by molar-refractivity contribution is 5.91. The van der Waals surface area contributed by atoms with E-state index in [1.165, 1.54) is 6.08 Å². The number of hydrogen-bond donors (Lipinski definition) is 1. The van der Waals surface area contributed by atoms with Gasteiger partial charge in [0.1, 0.15) is 0 Å². The second-order valence-electron chi connectivity index (χ2n) is 2.08. The van der Waals surface area contributed by atoms with Gasteiger partial charge < -0.3 is 5.11 Å². The molecular formula is C8H10O3. The molecule has 0 atom stereocenters. The van der Waals surface area contributed by atoms with E-state index in [0.717, 1.165) is 0 Å². The van der Waals surface area contributed by atoms with Crippen LogP contribution in [0, 0.1) is 0 Å². The summed E-state index contributed by atoms with van der Waals surface area (Å²) in [6.07, 6.45) is 1.55. The molecule has 0 aromatic rings. The molecule has 0 heterocycles. The first-order valence-electron chi connectivity index (χ1n) is 3.14. The topological polar surface area (TPSA) is 54.4 Å². The van der Waals surface area contributed by atoms with E-state index in [-0.39, 0.29) is 24.2 Å². The molecule has 0 saturated heterocycles. The molecule has 0 fully saturated rings. The Morgan fingerprint density at radius 3 is 2.27 bits per heavy atom. The van der Waals surface area contributed by atoms with Gasteiger partial charge in [0.05, 0.1) is 0 Å². The molecule has 0 amide bonds. The van der Waals surface area contributed by atoms with Gasteiger partial charge in [-0.25, -0.2) is 4.79 Å². The Morgan fingerprint density at radius 2 is 1.91 bits per heavy atom. The first kappa shape index (κ1) is 9.62. The van der Waals surface area contributed by atoms with Crippen molar-refractivity contribution in [1.82, 2.24) is 0 Å². The van der Waals surface area contributed by atoms with Crippen LogP contribution < -0.4 is 0 Å². The first-order chi connectivity index (χ1) is 5.07. The summed E-state index contributed by atoms with van der Waals surface area (Å²) >= 11 is 0. The molecule has 0 aromatic heterocycles. The fraction of sp³-hybridized carbons (Fsp3) is 0.250. The van der Waals surface area contributed by atoms with Gasteiger partial charge in [0.15, 0.2) is 5.78 Å². The molecule has 0 aromatic carbocycles. The molecule has 0 bridgehead atoms. The van der Waals surface area contributed by atoms with E-state index in [1.54, 1.807) is 0 Å². The SMILES string of the molecule is C=CC(=O)CCC(=C)C(=O)O. The second kappa shape index (κ2) is 4.44. The van der Waals surface area contributed by atoms with Crippen molar-refractivity contribution in [1.29, 1.82) is 0 Å². The molecule has 0 radical (unpaired) electrons. The average Bonchev–Trinajstić information content (AvgIpc) is 1.99. The third kappa shape index (κ3) is 4.08. The summed E-state index contributed by atoms with van der Waals surface area (Å²) in [6.45, 7) is 6.53. The van der Waals surface area contributed by atoms with Crippen LogP contribution in [0.1, 0.15) is 12.8 Å². The molecule has 0 rings (SSSR count). The van der Waals surface area contributed by atoms with E-state index in [9.17, 15) is 9.59 Å².